The molecule has 0 saturated carbocycles. The summed E-state index contributed by atoms with van der Waals surface area (Å²) >= 11 is 0. The van der Waals surface area contributed by atoms with Crippen molar-refractivity contribution >= 4 is 28.1 Å². The zero-order chi connectivity index (χ0) is 18.3. The van der Waals surface area contributed by atoms with Gasteiger partial charge in [0.05, 0.1) is 13.5 Å². The van der Waals surface area contributed by atoms with Crippen molar-refractivity contribution in [2.45, 2.75) is 32.7 Å². The molecule has 0 aromatic heterocycles. The zero-order valence-corrected chi connectivity index (χ0v) is 14.9. The Balaban J connectivity index is 3.12. The number of nitrogens with zero attached hydrogens (tertiary/aromatic N) is 2. The first-order chi connectivity index (χ1) is 11.3. The van der Waals surface area contributed by atoms with E-state index in [0.717, 1.165) is 4.90 Å². The van der Waals surface area contributed by atoms with Gasteiger partial charge in [0.25, 0.3) is 0 Å². The molecule has 1 aromatic carbocycles. The minimum absolute atomic E-state index is 0.0598. The van der Waals surface area contributed by atoms with Crippen LogP contribution in [0.5, 0.6) is 5.75 Å². The van der Waals surface area contributed by atoms with Gasteiger partial charge >= 0.3 is 16.5 Å². The van der Waals surface area contributed by atoms with Crippen LogP contribution in [-0.2, 0) is 21.7 Å². The van der Waals surface area contributed by atoms with Gasteiger partial charge in [-0.05, 0) is 31.0 Å². The summed E-state index contributed by atoms with van der Waals surface area (Å²) in [7, 11) is 0.209. The van der Waals surface area contributed by atoms with Crippen molar-refractivity contribution in [3.63, 3.8) is 0 Å². The van der Waals surface area contributed by atoms with Crippen LogP contribution in [0.25, 0.3) is 0 Å². The van der Waals surface area contributed by atoms with Crippen molar-refractivity contribution in [3.05, 3.63) is 23.8 Å². The quantitative estimate of drug-likeness (QED) is 0.839. The van der Waals surface area contributed by atoms with Gasteiger partial charge in [0, 0.05) is 13.1 Å². The fourth-order valence-corrected chi connectivity index (χ4v) is 2.42. The number of urea groups is 1. The summed E-state index contributed by atoms with van der Waals surface area (Å²) in [5.41, 5.74) is 0.633. The van der Waals surface area contributed by atoms with E-state index in [4.69, 9.17) is 4.74 Å². The van der Waals surface area contributed by atoms with Crippen LogP contribution < -0.4 is 10.1 Å². The van der Waals surface area contributed by atoms with Gasteiger partial charge in [0.15, 0.2) is 0 Å². The number of carbonyl (C=O) groups excluding carboxylic acids is 2. The molecular formula is C15H21N3O5S. The van der Waals surface area contributed by atoms with E-state index in [1.54, 1.807) is 13.0 Å². The lowest BCUT2D eigenvalue weighted by Crippen LogP contribution is -2.48. The van der Waals surface area contributed by atoms with Crippen LogP contribution in [0.2, 0.25) is 0 Å². The molecule has 3 amide bonds. The minimum Gasteiger partial charge on any atom is -0.494 e. The standard InChI is InChI=1S/C15H21N3O5S/c1-5-10(2)18(15(20)16-3)14(19)9-11-6-7-13(23-4)12(8-11)17-24(21)22/h6-8,10H,5,9H2,1-4H3,(H,16,20). The van der Waals surface area contributed by atoms with Gasteiger partial charge < -0.3 is 10.1 Å². The van der Waals surface area contributed by atoms with E-state index in [1.807, 2.05) is 6.92 Å². The molecular weight excluding hydrogens is 334 g/mol. The molecule has 0 heterocycles. The largest absolute Gasteiger partial charge is 0.494 e. The molecule has 0 aliphatic rings. The van der Waals surface area contributed by atoms with Crippen molar-refractivity contribution in [2.75, 3.05) is 14.2 Å². The molecule has 0 spiro atoms. The topological polar surface area (TPSA) is 105 Å². The Morgan fingerprint density at radius 3 is 2.54 bits per heavy atom. The van der Waals surface area contributed by atoms with Crippen LogP contribution in [0.15, 0.2) is 22.6 Å². The first kappa shape index (κ1) is 19.6. The summed E-state index contributed by atoms with van der Waals surface area (Å²) < 4.78 is 30.0. The molecule has 0 aliphatic heterocycles. The Morgan fingerprint density at radius 2 is 2.04 bits per heavy atom. The summed E-state index contributed by atoms with van der Waals surface area (Å²) in [6.07, 6.45) is 0.563. The minimum atomic E-state index is -2.64. The van der Waals surface area contributed by atoms with Gasteiger partial charge in [-0.15, -0.1) is 4.36 Å². The number of hydrogen-bond donors (Lipinski definition) is 1. The van der Waals surface area contributed by atoms with Gasteiger partial charge in [0.2, 0.25) is 5.91 Å². The lowest BCUT2D eigenvalue weighted by Gasteiger charge is -2.26. The summed E-state index contributed by atoms with van der Waals surface area (Å²) in [6.45, 7) is 3.66. The van der Waals surface area contributed by atoms with E-state index in [-0.39, 0.29) is 29.8 Å². The molecule has 1 aromatic rings. The van der Waals surface area contributed by atoms with E-state index in [0.29, 0.717) is 12.0 Å². The van der Waals surface area contributed by atoms with Crippen molar-refractivity contribution in [3.8, 4) is 5.75 Å². The number of amides is 3. The SMILES string of the molecule is CCC(C)N(C(=O)Cc1ccc(OC)c(N=S(=O)=O)c1)C(=O)NC. The Labute approximate surface area is 142 Å². The fourth-order valence-electron chi connectivity index (χ4n) is 2.12. The van der Waals surface area contributed by atoms with Gasteiger partial charge in [0.1, 0.15) is 11.4 Å². The monoisotopic (exact) mass is 355 g/mol. The second-order valence-electron chi connectivity index (χ2n) is 5.07. The van der Waals surface area contributed by atoms with Crippen LogP contribution in [-0.4, -0.2) is 45.5 Å². The molecule has 0 aliphatic carbocycles. The van der Waals surface area contributed by atoms with Crippen molar-refractivity contribution in [2.24, 2.45) is 4.36 Å². The van der Waals surface area contributed by atoms with Gasteiger partial charge in [-0.2, -0.15) is 8.42 Å². The Bertz CT molecular complexity index is 737. The van der Waals surface area contributed by atoms with Gasteiger partial charge in [-0.25, -0.2) is 4.79 Å². The molecule has 8 nitrogen and oxygen atoms in total. The van der Waals surface area contributed by atoms with E-state index in [9.17, 15) is 18.0 Å². The molecule has 132 valence electrons. The second kappa shape index (κ2) is 9.02. The van der Waals surface area contributed by atoms with Crippen LogP contribution >= 0.6 is 0 Å². The Morgan fingerprint density at radius 1 is 1.38 bits per heavy atom. The lowest BCUT2D eigenvalue weighted by atomic mass is 10.1. The predicted molar refractivity (Wildman–Crippen MR) is 88.8 cm³/mol. The summed E-state index contributed by atoms with van der Waals surface area (Å²) in [4.78, 5) is 25.6. The van der Waals surface area contributed by atoms with Crippen LogP contribution in [0, 0.1) is 0 Å². The number of benzene rings is 1. The molecule has 0 saturated heterocycles. The number of carbonyl (C=O) groups is 2. The maximum absolute atomic E-state index is 12.5. The maximum atomic E-state index is 12.5. The molecule has 0 bridgehead atoms. The fraction of sp³-hybridized carbons (Fsp3) is 0.467. The average molecular weight is 355 g/mol. The number of rotatable bonds is 6. The van der Waals surface area contributed by atoms with Gasteiger partial charge in [-0.3, -0.25) is 9.69 Å². The smallest absolute Gasteiger partial charge is 0.324 e. The molecule has 1 rings (SSSR count). The number of imide groups is 1. The van der Waals surface area contributed by atoms with Crippen LogP contribution in [0.1, 0.15) is 25.8 Å². The highest BCUT2D eigenvalue weighted by Crippen LogP contribution is 2.28. The molecule has 0 radical (unpaired) electrons. The number of nitrogens with one attached hydrogen (secondary N) is 1. The van der Waals surface area contributed by atoms with Crippen LogP contribution in [0.4, 0.5) is 10.5 Å². The Hall–Kier alpha value is -2.42. The third-order valence-corrected chi connectivity index (χ3v) is 3.85. The zero-order valence-electron chi connectivity index (χ0n) is 14.1. The summed E-state index contributed by atoms with van der Waals surface area (Å²) in [5.74, 6) is -0.108. The first-order valence-electron chi connectivity index (χ1n) is 7.35. The van der Waals surface area contributed by atoms with Gasteiger partial charge in [-0.1, -0.05) is 13.0 Å². The first-order valence-corrected chi connectivity index (χ1v) is 8.39. The lowest BCUT2D eigenvalue weighted by molar-refractivity contribution is -0.129. The molecule has 24 heavy (non-hydrogen) atoms. The second-order valence-corrected chi connectivity index (χ2v) is 5.68. The van der Waals surface area contributed by atoms with Crippen LogP contribution in [0.3, 0.4) is 0 Å². The number of ether oxygens (including phenoxy) is 1. The van der Waals surface area contributed by atoms with E-state index in [2.05, 4.69) is 9.68 Å². The molecule has 0 fully saturated rings. The number of hydrogen-bond acceptors (Lipinski definition) is 6. The molecule has 1 unspecified atom stereocenters. The van der Waals surface area contributed by atoms with Crippen molar-refractivity contribution < 1.29 is 22.7 Å². The van der Waals surface area contributed by atoms with Crippen molar-refractivity contribution in [1.29, 1.82) is 0 Å². The summed E-state index contributed by atoms with van der Waals surface area (Å²) in [6, 6.07) is 3.87. The van der Waals surface area contributed by atoms with E-state index < -0.39 is 16.5 Å². The normalized spacial score (nSPS) is 11.3. The average Bonchev–Trinajstić information content (AvgIpc) is 2.54. The third-order valence-electron chi connectivity index (χ3n) is 3.50. The van der Waals surface area contributed by atoms with Crippen molar-refractivity contribution in [1.82, 2.24) is 10.2 Å². The predicted octanol–water partition coefficient (Wildman–Crippen LogP) is 1.90. The Kier molecular flexibility index (Phi) is 7.37. The molecule has 1 atom stereocenters. The maximum Gasteiger partial charge on any atom is 0.324 e. The number of methoxy groups -OCH3 is 1. The highest BCUT2D eigenvalue weighted by molar-refractivity contribution is 7.61. The van der Waals surface area contributed by atoms with E-state index >= 15 is 0 Å². The highest BCUT2D eigenvalue weighted by Gasteiger charge is 2.25. The summed E-state index contributed by atoms with van der Waals surface area (Å²) in [5, 5.41) is 2.45. The van der Waals surface area contributed by atoms with E-state index in [1.165, 1.54) is 26.3 Å². The molecule has 1 N–H and O–H groups in total. The highest BCUT2D eigenvalue weighted by atomic mass is 32.2. The molecule has 9 heteroatoms. The third kappa shape index (κ3) is 5.05.